The van der Waals surface area contributed by atoms with Crippen molar-refractivity contribution in [2.75, 3.05) is 20.8 Å². The smallest absolute Gasteiger partial charge is 0.164 e. The third-order valence-electron chi connectivity index (χ3n) is 3.86. The number of hydrogen-bond acceptors (Lipinski definition) is 3. The van der Waals surface area contributed by atoms with E-state index in [1.54, 1.807) is 14.2 Å². The fraction of sp³-hybridized carbons (Fsp3) is 0.600. The van der Waals surface area contributed by atoms with Gasteiger partial charge in [0, 0.05) is 6.04 Å². The Balaban J connectivity index is 2.35. The van der Waals surface area contributed by atoms with E-state index in [2.05, 4.69) is 25.2 Å². The summed E-state index contributed by atoms with van der Waals surface area (Å²) in [7, 11) is 3.43. The van der Waals surface area contributed by atoms with Crippen molar-refractivity contribution in [1.29, 1.82) is 0 Å². The summed E-state index contributed by atoms with van der Waals surface area (Å²) >= 11 is 0. The third-order valence-corrected chi connectivity index (χ3v) is 3.86. The van der Waals surface area contributed by atoms with E-state index < -0.39 is 0 Å². The second-order valence-corrected chi connectivity index (χ2v) is 5.04. The summed E-state index contributed by atoms with van der Waals surface area (Å²) in [5.74, 6) is 1.78. The van der Waals surface area contributed by atoms with Gasteiger partial charge in [0.1, 0.15) is 0 Å². The van der Waals surface area contributed by atoms with Crippen molar-refractivity contribution in [3.8, 4) is 11.5 Å². The zero-order valence-corrected chi connectivity index (χ0v) is 11.8. The molecular weight excluding hydrogens is 226 g/mol. The molecule has 1 N–H and O–H groups in total. The maximum absolute atomic E-state index is 5.56. The molecule has 1 aromatic rings. The van der Waals surface area contributed by atoms with Crippen LogP contribution >= 0.6 is 0 Å². The number of aryl methyl sites for hydroxylation is 1. The minimum absolute atomic E-state index is 0.575. The van der Waals surface area contributed by atoms with Crippen molar-refractivity contribution in [2.24, 2.45) is 0 Å². The molecule has 0 aromatic heterocycles. The zero-order chi connectivity index (χ0) is 13.1. The SMILES string of the molecule is COc1c(CC2CCCN2)cc(C)c(C)c1OC. The number of nitrogens with one attached hydrogen (secondary N) is 1. The average molecular weight is 249 g/mol. The highest BCUT2D eigenvalue weighted by Crippen LogP contribution is 2.37. The van der Waals surface area contributed by atoms with Crippen LogP contribution in [0.1, 0.15) is 29.5 Å². The van der Waals surface area contributed by atoms with Gasteiger partial charge in [0.05, 0.1) is 14.2 Å². The van der Waals surface area contributed by atoms with Crippen molar-refractivity contribution in [2.45, 2.75) is 39.2 Å². The summed E-state index contributed by atoms with van der Waals surface area (Å²) < 4.78 is 11.1. The van der Waals surface area contributed by atoms with Crippen molar-refractivity contribution >= 4 is 0 Å². The normalized spacial score (nSPS) is 19.0. The van der Waals surface area contributed by atoms with Crippen molar-refractivity contribution in [3.63, 3.8) is 0 Å². The maximum Gasteiger partial charge on any atom is 0.164 e. The van der Waals surface area contributed by atoms with Crippen LogP contribution in [0, 0.1) is 13.8 Å². The Morgan fingerprint density at radius 1 is 1.22 bits per heavy atom. The van der Waals surface area contributed by atoms with Crippen LogP contribution in [0.2, 0.25) is 0 Å². The minimum Gasteiger partial charge on any atom is -0.493 e. The van der Waals surface area contributed by atoms with Crippen LogP contribution in [0.25, 0.3) is 0 Å². The molecule has 0 amide bonds. The molecule has 0 radical (unpaired) electrons. The predicted molar refractivity (Wildman–Crippen MR) is 73.7 cm³/mol. The lowest BCUT2D eigenvalue weighted by molar-refractivity contribution is 0.348. The number of hydrogen-bond donors (Lipinski definition) is 1. The fourth-order valence-corrected chi connectivity index (χ4v) is 2.75. The molecule has 1 aromatic carbocycles. The molecule has 1 atom stereocenters. The standard InChI is InChI=1S/C15H23NO2/c1-10-8-12(9-13-6-5-7-16-13)15(18-4)14(17-3)11(10)2/h8,13,16H,5-7,9H2,1-4H3. The lowest BCUT2D eigenvalue weighted by Gasteiger charge is -2.19. The van der Waals surface area contributed by atoms with Crippen LogP contribution < -0.4 is 14.8 Å². The highest BCUT2D eigenvalue weighted by atomic mass is 16.5. The van der Waals surface area contributed by atoms with Crippen LogP contribution in [-0.2, 0) is 6.42 Å². The molecule has 1 saturated heterocycles. The number of methoxy groups -OCH3 is 2. The second-order valence-electron chi connectivity index (χ2n) is 5.04. The predicted octanol–water partition coefficient (Wildman–Crippen LogP) is 2.62. The first-order chi connectivity index (χ1) is 8.67. The van der Waals surface area contributed by atoms with E-state index >= 15 is 0 Å². The Hall–Kier alpha value is -1.22. The van der Waals surface area contributed by atoms with Crippen LogP contribution in [0.3, 0.4) is 0 Å². The van der Waals surface area contributed by atoms with Gasteiger partial charge < -0.3 is 14.8 Å². The van der Waals surface area contributed by atoms with Crippen LogP contribution in [0.15, 0.2) is 6.07 Å². The topological polar surface area (TPSA) is 30.5 Å². The molecular formula is C15H23NO2. The Morgan fingerprint density at radius 2 is 1.94 bits per heavy atom. The molecule has 1 heterocycles. The summed E-state index contributed by atoms with van der Waals surface area (Å²) in [5, 5.41) is 3.53. The van der Waals surface area contributed by atoms with Crippen molar-refractivity contribution in [1.82, 2.24) is 5.32 Å². The van der Waals surface area contributed by atoms with Gasteiger partial charge in [-0.25, -0.2) is 0 Å². The Bertz CT molecular complexity index is 423. The van der Waals surface area contributed by atoms with Crippen LogP contribution in [0.4, 0.5) is 0 Å². The number of rotatable bonds is 4. The second kappa shape index (κ2) is 5.61. The minimum atomic E-state index is 0.575. The van der Waals surface area contributed by atoms with E-state index in [0.717, 1.165) is 30.0 Å². The molecule has 1 unspecified atom stereocenters. The molecule has 0 saturated carbocycles. The Labute approximate surface area is 109 Å². The first kappa shape index (κ1) is 13.2. The highest BCUT2D eigenvalue weighted by Gasteiger charge is 2.20. The number of ether oxygens (including phenoxy) is 2. The van der Waals surface area contributed by atoms with Crippen LogP contribution in [0.5, 0.6) is 11.5 Å². The number of benzene rings is 1. The van der Waals surface area contributed by atoms with E-state index in [1.807, 2.05) is 0 Å². The van der Waals surface area contributed by atoms with E-state index in [4.69, 9.17) is 9.47 Å². The zero-order valence-electron chi connectivity index (χ0n) is 11.8. The molecule has 3 nitrogen and oxygen atoms in total. The summed E-state index contributed by atoms with van der Waals surface area (Å²) in [6.45, 7) is 5.34. The third kappa shape index (κ3) is 2.46. The molecule has 1 aliphatic rings. The maximum atomic E-state index is 5.56. The van der Waals surface area contributed by atoms with Gasteiger partial charge in [-0.05, 0) is 56.3 Å². The summed E-state index contributed by atoms with van der Waals surface area (Å²) in [4.78, 5) is 0. The van der Waals surface area contributed by atoms with Crippen molar-refractivity contribution < 1.29 is 9.47 Å². The van der Waals surface area contributed by atoms with Gasteiger partial charge in [-0.3, -0.25) is 0 Å². The van der Waals surface area contributed by atoms with Crippen molar-refractivity contribution in [3.05, 3.63) is 22.8 Å². The van der Waals surface area contributed by atoms with Gasteiger partial charge in [0.2, 0.25) is 0 Å². The first-order valence-corrected chi connectivity index (χ1v) is 6.61. The van der Waals surface area contributed by atoms with E-state index in [-0.39, 0.29) is 0 Å². The van der Waals surface area contributed by atoms with Gasteiger partial charge in [0.25, 0.3) is 0 Å². The van der Waals surface area contributed by atoms with Gasteiger partial charge >= 0.3 is 0 Å². The molecule has 0 spiro atoms. The largest absolute Gasteiger partial charge is 0.493 e. The van der Waals surface area contributed by atoms with Gasteiger partial charge in [0.15, 0.2) is 11.5 Å². The average Bonchev–Trinajstić information content (AvgIpc) is 2.86. The molecule has 100 valence electrons. The summed E-state index contributed by atoms with van der Waals surface area (Å²) in [5.41, 5.74) is 3.68. The summed E-state index contributed by atoms with van der Waals surface area (Å²) in [6.07, 6.45) is 3.54. The molecule has 1 aliphatic heterocycles. The van der Waals surface area contributed by atoms with E-state index in [9.17, 15) is 0 Å². The van der Waals surface area contributed by atoms with Gasteiger partial charge in [-0.1, -0.05) is 6.07 Å². The molecule has 18 heavy (non-hydrogen) atoms. The van der Waals surface area contributed by atoms with E-state index in [1.165, 1.54) is 24.0 Å². The Morgan fingerprint density at radius 3 is 2.50 bits per heavy atom. The monoisotopic (exact) mass is 249 g/mol. The van der Waals surface area contributed by atoms with Gasteiger partial charge in [-0.15, -0.1) is 0 Å². The first-order valence-electron chi connectivity index (χ1n) is 6.61. The molecule has 3 heteroatoms. The van der Waals surface area contributed by atoms with Crippen LogP contribution in [-0.4, -0.2) is 26.8 Å². The highest BCUT2D eigenvalue weighted by molar-refractivity contribution is 5.55. The lowest BCUT2D eigenvalue weighted by Crippen LogP contribution is -2.24. The molecule has 2 rings (SSSR count). The molecule has 1 fully saturated rings. The van der Waals surface area contributed by atoms with Gasteiger partial charge in [-0.2, -0.15) is 0 Å². The van der Waals surface area contributed by atoms with E-state index in [0.29, 0.717) is 6.04 Å². The Kier molecular flexibility index (Phi) is 4.12. The molecule has 0 aliphatic carbocycles. The fourth-order valence-electron chi connectivity index (χ4n) is 2.75. The molecule has 0 bridgehead atoms. The lowest BCUT2D eigenvalue weighted by atomic mass is 9.98. The quantitative estimate of drug-likeness (QED) is 0.889. The summed E-state index contributed by atoms with van der Waals surface area (Å²) in [6, 6.07) is 2.81.